The minimum absolute atomic E-state index is 0.351. The maximum absolute atomic E-state index is 10.4. The van der Waals surface area contributed by atoms with E-state index in [4.69, 9.17) is 5.11 Å². The number of aliphatic carboxylic acids is 1. The van der Waals surface area contributed by atoms with Crippen LogP contribution in [-0.4, -0.2) is 22.1 Å². The van der Waals surface area contributed by atoms with Crippen LogP contribution in [0.4, 0.5) is 0 Å². The van der Waals surface area contributed by atoms with E-state index in [9.17, 15) is 4.79 Å². The average Bonchev–Trinajstić information content (AvgIpc) is 2.39. The van der Waals surface area contributed by atoms with Gasteiger partial charge in [-0.1, -0.05) is 6.58 Å². The molecular weight excluding hydrogens is 160 g/mol. The molecule has 1 unspecified atom stereocenters. The van der Waals surface area contributed by atoms with Crippen molar-refractivity contribution < 1.29 is 9.90 Å². The van der Waals surface area contributed by atoms with Crippen molar-refractivity contribution in [3.05, 3.63) is 12.2 Å². The highest BCUT2D eigenvalue weighted by Crippen LogP contribution is 2.30. The number of carbonyl (C=O) groups is 1. The second kappa shape index (κ2) is 3.81. The summed E-state index contributed by atoms with van der Waals surface area (Å²) in [5.41, 5.74) is 0.351. The van der Waals surface area contributed by atoms with E-state index in [2.05, 4.69) is 6.58 Å². The van der Waals surface area contributed by atoms with Crippen LogP contribution in [0.15, 0.2) is 12.2 Å². The zero-order valence-electron chi connectivity index (χ0n) is 6.38. The number of hydrogen-bond acceptors (Lipinski definition) is 2. The van der Waals surface area contributed by atoms with Crippen molar-refractivity contribution in [3.8, 4) is 0 Å². The third kappa shape index (κ3) is 2.58. The lowest BCUT2D eigenvalue weighted by molar-refractivity contribution is -0.132. The van der Waals surface area contributed by atoms with Gasteiger partial charge in [-0.15, -0.1) is 0 Å². The molecule has 0 radical (unpaired) electrons. The van der Waals surface area contributed by atoms with Crippen LogP contribution in [0.1, 0.15) is 19.3 Å². The summed E-state index contributed by atoms with van der Waals surface area (Å²) in [5, 5.41) is 9.05. The Morgan fingerprint density at radius 3 is 2.91 bits per heavy atom. The fourth-order valence-electron chi connectivity index (χ4n) is 1.17. The molecule has 62 valence electrons. The van der Waals surface area contributed by atoms with E-state index in [-0.39, 0.29) is 0 Å². The molecule has 0 aromatic heterocycles. The van der Waals surface area contributed by atoms with Crippen molar-refractivity contribution in [2.24, 2.45) is 0 Å². The first kappa shape index (κ1) is 8.65. The summed E-state index contributed by atoms with van der Waals surface area (Å²) >= 11 is 1.86. The number of thioether (sulfide) groups is 1. The molecule has 0 aromatic carbocycles. The Bertz CT molecular complexity index is 171. The van der Waals surface area contributed by atoms with Gasteiger partial charge in [0.2, 0.25) is 0 Å². The Morgan fingerprint density at radius 2 is 2.45 bits per heavy atom. The first-order valence-electron chi connectivity index (χ1n) is 3.73. The molecule has 3 heteroatoms. The summed E-state index contributed by atoms with van der Waals surface area (Å²) in [7, 11) is 0. The second-order valence-electron chi connectivity index (χ2n) is 2.75. The lowest BCUT2D eigenvalue weighted by atomic mass is 10.1. The molecule has 0 spiro atoms. The first-order chi connectivity index (χ1) is 5.20. The predicted molar refractivity (Wildman–Crippen MR) is 46.9 cm³/mol. The topological polar surface area (TPSA) is 37.3 Å². The van der Waals surface area contributed by atoms with Crippen LogP contribution < -0.4 is 0 Å². The minimum Gasteiger partial charge on any atom is -0.478 e. The SMILES string of the molecule is C=C(CC1CCCS1)C(=O)O. The average molecular weight is 172 g/mol. The normalized spacial score (nSPS) is 23.5. The monoisotopic (exact) mass is 172 g/mol. The minimum atomic E-state index is -0.850. The fraction of sp³-hybridized carbons (Fsp3) is 0.625. The van der Waals surface area contributed by atoms with E-state index < -0.39 is 5.97 Å². The highest BCUT2D eigenvalue weighted by atomic mass is 32.2. The van der Waals surface area contributed by atoms with Gasteiger partial charge in [0.25, 0.3) is 0 Å². The van der Waals surface area contributed by atoms with E-state index in [1.165, 1.54) is 12.2 Å². The number of carboxylic acid groups (broad SMARTS) is 1. The van der Waals surface area contributed by atoms with Gasteiger partial charge in [0.1, 0.15) is 0 Å². The molecule has 0 amide bonds. The summed E-state index contributed by atoms with van der Waals surface area (Å²) in [6, 6.07) is 0. The molecule has 2 nitrogen and oxygen atoms in total. The van der Waals surface area contributed by atoms with E-state index in [1.807, 2.05) is 11.8 Å². The van der Waals surface area contributed by atoms with Crippen LogP contribution in [0.25, 0.3) is 0 Å². The molecular formula is C8H12O2S. The van der Waals surface area contributed by atoms with Gasteiger partial charge in [0, 0.05) is 10.8 Å². The standard InChI is InChI=1S/C8H12O2S/c1-6(8(9)10)5-7-3-2-4-11-7/h7H,1-5H2,(H,9,10). The number of rotatable bonds is 3. The Balaban J connectivity index is 2.29. The zero-order valence-corrected chi connectivity index (χ0v) is 7.19. The van der Waals surface area contributed by atoms with Crippen molar-refractivity contribution in [1.29, 1.82) is 0 Å². The van der Waals surface area contributed by atoms with Crippen molar-refractivity contribution in [2.75, 3.05) is 5.75 Å². The molecule has 1 saturated heterocycles. The van der Waals surface area contributed by atoms with Gasteiger partial charge in [-0.2, -0.15) is 11.8 Å². The second-order valence-corrected chi connectivity index (χ2v) is 4.16. The van der Waals surface area contributed by atoms with Crippen LogP contribution in [0.5, 0.6) is 0 Å². The molecule has 0 aliphatic carbocycles. The first-order valence-corrected chi connectivity index (χ1v) is 4.77. The van der Waals surface area contributed by atoms with Gasteiger partial charge in [0.05, 0.1) is 0 Å². The molecule has 1 heterocycles. The Morgan fingerprint density at radius 1 is 1.73 bits per heavy atom. The molecule has 1 aliphatic heterocycles. The number of carboxylic acids is 1. The van der Waals surface area contributed by atoms with Gasteiger partial charge in [-0.3, -0.25) is 0 Å². The quantitative estimate of drug-likeness (QED) is 0.661. The van der Waals surface area contributed by atoms with Crippen molar-refractivity contribution in [1.82, 2.24) is 0 Å². The number of hydrogen-bond donors (Lipinski definition) is 1. The summed E-state index contributed by atoms with van der Waals surface area (Å²) in [6.07, 6.45) is 3.03. The molecule has 11 heavy (non-hydrogen) atoms. The fourth-order valence-corrected chi connectivity index (χ4v) is 2.49. The van der Waals surface area contributed by atoms with Crippen molar-refractivity contribution in [2.45, 2.75) is 24.5 Å². The van der Waals surface area contributed by atoms with Crippen molar-refractivity contribution >= 4 is 17.7 Å². The van der Waals surface area contributed by atoms with Crippen LogP contribution in [0, 0.1) is 0 Å². The Kier molecular flexibility index (Phi) is 3.00. The molecule has 0 aromatic rings. The molecule has 1 atom stereocenters. The van der Waals surface area contributed by atoms with Crippen LogP contribution in [0.3, 0.4) is 0 Å². The third-order valence-corrected chi connectivity index (χ3v) is 3.20. The lowest BCUT2D eigenvalue weighted by Crippen LogP contribution is -2.05. The molecule has 0 saturated carbocycles. The maximum Gasteiger partial charge on any atom is 0.330 e. The Hall–Kier alpha value is -0.440. The summed E-state index contributed by atoms with van der Waals surface area (Å²) in [5.74, 6) is 0.329. The highest BCUT2D eigenvalue weighted by molar-refractivity contribution is 8.00. The third-order valence-electron chi connectivity index (χ3n) is 1.80. The van der Waals surface area contributed by atoms with Gasteiger partial charge >= 0.3 is 5.97 Å². The predicted octanol–water partition coefficient (Wildman–Crippen LogP) is 1.91. The maximum atomic E-state index is 10.4. The lowest BCUT2D eigenvalue weighted by Gasteiger charge is -2.06. The smallest absolute Gasteiger partial charge is 0.330 e. The van der Waals surface area contributed by atoms with Gasteiger partial charge in [0.15, 0.2) is 0 Å². The van der Waals surface area contributed by atoms with E-state index in [1.54, 1.807) is 0 Å². The van der Waals surface area contributed by atoms with E-state index >= 15 is 0 Å². The van der Waals surface area contributed by atoms with Crippen LogP contribution >= 0.6 is 11.8 Å². The van der Waals surface area contributed by atoms with Crippen molar-refractivity contribution in [3.63, 3.8) is 0 Å². The summed E-state index contributed by atoms with van der Waals surface area (Å²) in [6.45, 7) is 3.50. The van der Waals surface area contributed by atoms with Gasteiger partial charge < -0.3 is 5.11 Å². The highest BCUT2D eigenvalue weighted by Gasteiger charge is 2.18. The van der Waals surface area contributed by atoms with E-state index in [0.717, 1.165) is 6.42 Å². The van der Waals surface area contributed by atoms with E-state index in [0.29, 0.717) is 17.2 Å². The molecule has 1 N–H and O–H groups in total. The van der Waals surface area contributed by atoms with Gasteiger partial charge in [-0.25, -0.2) is 4.79 Å². The molecule has 1 fully saturated rings. The molecule has 1 rings (SSSR count). The summed E-state index contributed by atoms with van der Waals surface area (Å²) in [4.78, 5) is 10.4. The van der Waals surface area contributed by atoms with Crippen LogP contribution in [0.2, 0.25) is 0 Å². The molecule has 0 bridgehead atoms. The Labute approximate surface area is 70.7 Å². The van der Waals surface area contributed by atoms with Crippen LogP contribution in [-0.2, 0) is 4.79 Å². The van der Waals surface area contributed by atoms with Gasteiger partial charge in [-0.05, 0) is 25.0 Å². The molecule has 1 aliphatic rings. The zero-order chi connectivity index (χ0) is 8.27. The largest absolute Gasteiger partial charge is 0.478 e. The summed E-state index contributed by atoms with van der Waals surface area (Å²) < 4.78 is 0.